The molecular weight excluding hydrogens is 244 g/mol. The van der Waals surface area contributed by atoms with Crippen LogP contribution in [0.4, 0.5) is 0 Å². The Labute approximate surface area is 109 Å². The van der Waals surface area contributed by atoms with Crippen molar-refractivity contribution in [1.29, 1.82) is 0 Å². The average Bonchev–Trinajstić information content (AvgIpc) is 2.26. The van der Waals surface area contributed by atoms with Gasteiger partial charge in [-0.2, -0.15) is 0 Å². The van der Waals surface area contributed by atoms with E-state index in [2.05, 4.69) is 4.98 Å². The van der Waals surface area contributed by atoms with E-state index in [9.17, 15) is 14.4 Å². The van der Waals surface area contributed by atoms with Crippen LogP contribution in [0.3, 0.4) is 0 Å². The van der Waals surface area contributed by atoms with Gasteiger partial charge in [-0.15, -0.1) is 0 Å². The molecule has 1 aromatic carbocycles. The fourth-order valence-corrected chi connectivity index (χ4v) is 2.40. The number of H-pyrrole nitrogens is 1. The molecule has 0 fully saturated rings. The van der Waals surface area contributed by atoms with Crippen molar-refractivity contribution in [2.75, 3.05) is 0 Å². The number of Topliss-reactive ketones (excluding diaryl/α,β-unsaturated/α-hetero) is 1. The summed E-state index contributed by atoms with van der Waals surface area (Å²) in [5.74, 6) is -0.0653. The minimum absolute atomic E-state index is 0.0653. The zero-order valence-corrected chi connectivity index (χ0v) is 11.2. The van der Waals surface area contributed by atoms with Crippen LogP contribution in [-0.2, 0) is 10.3 Å². The number of aromatic amines is 1. The molecule has 19 heavy (non-hydrogen) atoms. The summed E-state index contributed by atoms with van der Waals surface area (Å²) in [4.78, 5) is 38.5. The summed E-state index contributed by atoms with van der Waals surface area (Å²) in [5, 5.41) is 0.443. The molecule has 2 aromatic rings. The molecule has 0 aliphatic rings. The second-order valence-electron chi connectivity index (χ2n) is 5.31. The van der Waals surface area contributed by atoms with Crippen molar-refractivity contribution in [2.24, 2.45) is 0 Å². The van der Waals surface area contributed by atoms with E-state index in [4.69, 9.17) is 0 Å². The Bertz CT molecular complexity index is 753. The summed E-state index contributed by atoms with van der Waals surface area (Å²) in [5.41, 5.74) is -1.20. The lowest BCUT2D eigenvalue weighted by atomic mass is 9.97. The number of rotatable bonds is 3. The number of nitrogens with one attached hydrogen (secondary N) is 1. The van der Waals surface area contributed by atoms with Crippen LogP contribution in [0.5, 0.6) is 0 Å². The predicted octanol–water partition coefficient (Wildman–Crippen LogP) is 1.40. The summed E-state index contributed by atoms with van der Waals surface area (Å²) >= 11 is 0. The van der Waals surface area contributed by atoms with E-state index in [0.29, 0.717) is 10.9 Å². The first-order chi connectivity index (χ1) is 8.83. The van der Waals surface area contributed by atoms with Crippen molar-refractivity contribution in [3.63, 3.8) is 0 Å². The molecule has 5 heteroatoms. The van der Waals surface area contributed by atoms with Crippen LogP contribution in [0.15, 0.2) is 33.9 Å². The topological polar surface area (TPSA) is 71.9 Å². The Morgan fingerprint density at radius 1 is 1.26 bits per heavy atom. The standard InChI is InChI=1S/C14H16N2O3/c1-9(17)8-14(2,3)16-12(18)10-6-4-5-7-11(10)15-13(16)19/h4-7H,8H2,1-3H3,(H,15,19). The van der Waals surface area contributed by atoms with E-state index in [0.717, 1.165) is 4.57 Å². The molecule has 0 aliphatic heterocycles. The van der Waals surface area contributed by atoms with Gasteiger partial charge in [-0.3, -0.25) is 14.2 Å². The second-order valence-corrected chi connectivity index (χ2v) is 5.31. The fourth-order valence-electron chi connectivity index (χ4n) is 2.40. The Morgan fingerprint density at radius 2 is 1.89 bits per heavy atom. The first kappa shape index (κ1) is 13.3. The maximum absolute atomic E-state index is 12.4. The Morgan fingerprint density at radius 3 is 2.53 bits per heavy atom. The highest BCUT2D eigenvalue weighted by Gasteiger charge is 2.26. The lowest BCUT2D eigenvalue weighted by Gasteiger charge is -2.25. The molecule has 0 atom stereocenters. The monoisotopic (exact) mass is 260 g/mol. The molecule has 0 bridgehead atoms. The summed E-state index contributed by atoms with van der Waals surface area (Å²) in [6.45, 7) is 4.86. The quantitative estimate of drug-likeness (QED) is 0.906. The number of ketones is 1. The third-order valence-electron chi connectivity index (χ3n) is 3.09. The summed E-state index contributed by atoms with van der Waals surface area (Å²) < 4.78 is 1.12. The maximum atomic E-state index is 12.4. The van der Waals surface area contributed by atoms with Gasteiger partial charge in [0.15, 0.2) is 0 Å². The van der Waals surface area contributed by atoms with Gasteiger partial charge in [0, 0.05) is 6.42 Å². The molecule has 1 aromatic heterocycles. The predicted molar refractivity (Wildman–Crippen MR) is 73.4 cm³/mol. The van der Waals surface area contributed by atoms with Crippen molar-refractivity contribution in [3.8, 4) is 0 Å². The molecule has 0 saturated carbocycles. The molecule has 0 amide bonds. The van der Waals surface area contributed by atoms with Gasteiger partial charge < -0.3 is 4.98 Å². The summed E-state index contributed by atoms with van der Waals surface area (Å²) in [6.07, 6.45) is 0.133. The van der Waals surface area contributed by atoms with Gasteiger partial charge in [-0.25, -0.2) is 4.79 Å². The van der Waals surface area contributed by atoms with Crippen molar-refractivity contribution < 1.29 is 4.79 Å². The SMILES string of the molecule is CC(=O)CC(C)(C)n1c(=O)[nH]c2ccccc2c1=O. The van der Waals surface area contributed by atoms with E-state index in [-0.39, 0.29) is 17.8 Å². The number of para-hydroxylation sites is 1. The highest BCUT2D eigenvalue weighted by atomic mass is 16.2. The number of benzene rings is 1. The third-order valence-corrected chi connectivity index (χ3v) is 3.09. The average molecular weight is 260 g/mol. The molecule has 0 spiro atoms. The first-order valence-electron chi connectivity index (χ1n) is 6.07. The van der Waals surface area contributed by atoms with E-state index in [1.165, 1.54) is 6.92 Å². The molecule has 5 nitrogen and oxygen atoms in total. The van der Waals surface area contributed by atoms with Gasteiger partial charge >= 0.3 is 5.69 Å². The second kappa shape index (κ2) is 4.50. The number of aromatic nitrogens is 2. The molecule has 0 aliphatic carbocycles. The Kier molecular flexibility index (Phi) is 3.14. The maximum Gasteiger partial charge on any atom is 0.329 e. The lowest BCUT2D eigenvalue weighted by Crippen LogP contribution is -2.47. The smallest absolute Gasteiger partial charge is 0.307 e. The van der Waals surface area contributed by atoms with Gasteiger partial charge in [0.2, 0.25) is 0 Å². The van der Waals surface area contributed by atoms with Crippen molar-refractivity contribution >= 4 is 16.7 Å². The highest BCUT2D eigenvalue weighted by molar-refractivity contribution is 5.78. The van der Waals surface area contributed by atoms with Crippen LogP contribution in [-0.4, -0.2) is 15.3 Å². The summed E-state index contributed by atoms with van der Waals surface area (Å²) in [6, 6.07) is 6.83. The lowest BCUT2D eigenvalue weighted by molar-refractivity contribution is -0.118. The first-order valence-corrected chi connectivity index (χ1v) is 6.07. The van der Waals surface area contributed by atoms with E-state index < -0.39 is 11.2 Å². The molecule has 0 unspecified atom stereocenters. The van der Waals surface area contributed by atoms with Crippen LogP contribution in [0, 0.1) is 0 Å². The molecule has 0 radical (unpaired) electrons. The number of nitrogens with zero attached hydrogens (tertiary/aromatic N) is 1. The molecular formula is C14H16N2O3. The van der Waals surface area contributed by atoms with E-state index in [1.807, 2.05) is 0 Å². The molecule has 1 heterocycles. The van der Waals surface area contributed by atoms with E-state index in [1.54, 1.807) is 38.1 Å². The van der Waals surface area contributed by atoms with Crippen LogP contribution >= 0.6 is 0 Å². The Balaban J connectivity index is 2.78. The molecule has 2 rings (SSSR count). The third kappa shape index (κ3) is 2.36. The van der Waals surface area contributed by atoms with Gasteiger partial charge in [0.25, 0.3) is 5.56 Å². The minimum atomic E-state index is -0.847. The van der Waals surface area contributed by atoms with Crippen molar-refractivity contribution in [1.82, 2.24) is 9.55 Å². The number of carbonyl (C=O) groups excluding carboxylic acids is 1. The van der Waals surface area contributed by atoms with E-state index >= 15 is 0 Å². The zero-order valence-electron chi connectivity index (χ0n) is 11.2. The van der Waals surface area contributed by atoms with Gasteiger partial charge in [0.05, 0.1) is 16.4 Å². The van der Waals surface area contributed by atoms with Crippen LogP contribution < -0.4 is 11.2 Å². The number of fused-ring (bicyclic) bond motifs is 1. The number of hydrogen-bond donors (Lipinski definition) is 1. The summed E-state index contributed by atoms with van der Waals surface area (Å²) in [7, 11) is 0. The normalized spacial score (nSPS) is 11.7. The van der Waals surface area contributed by atoms with Gasteiger partial charge in [-0.05, 0) is 32.9 Å². The minimum Gasteiger partial charge on any atom is -0.307 e. The fraction of sp³-hybridized carbons (Fsp3) is 0.357. The van der Waals surface area contributed by atoms with Crippen LogP contribution in [0.2, 0.25) is 0 Å². The zero-order chi connectivity index (χ0) is 14.2. The highest BCUT2D eigenvalue weighted by Crippen LogP contribution is 2.17. The van der Waals surface area contributed by atoms with Crippen LogP contribution in [0.25, 0.3) is 10.9 Å². The Hall–Kier alpha value is -2.17. The largest absolute Gasteiger partial charge is 0.329 e. The van der Waals surface area contributed by atoms with Crippen LogP contribution in [0.1, 0.15) is 27.2 Å². The van der Waals surface area contributed by atoms with Gasteiger partial charge in [-0.1, -0.05) is 12.1 Å². The van der Waals surface area contributed by atoms with Crippen molar-refractivity contribution in [3.05, 3.63) is 45.1 Å². The number of carbonyl (C=O) groups is 1. The molecule has 100 valence electrons. The molecule has 1 N–H and O–H groups in total. The van der Waals surface area contributed by atoms with Gasteiger partial charge in [0.1, 0.15) is 5.78 Å². The molecule has 0 saturated heterocycles. The van der Waals surface area contributed by atoms with Crippen molar-refractivity contribution in [2.45, 2.75) is 32.7 Å². The number of hydrogen-bond acceptors (Lipinski definition) is 3.